The zero-order valence-electron chi connectivity index (χ0n) is 21.4. The van der Waals surface area contributed by atoms with Crippen LogP contribution in [0.5, 0.6) is 5.75 Å². The molecule has 5 rings (SSSR count). The number of benzene rings is 2. The summed E-state index contributed by atoms with van der Waals surface area (Å²) in [6, 6.07) is 11.4. The molecule has 10 heteroatoms. The van der Waals surface area contributed by atoms with E-state index in [1.165, 1.54) is 12.1 Å². The van der Waals surface area contributed by atoms with Crippen molar-refractivity contribution in [3.63, 3.8) is 0 Å². The number of anilines is 1. The normalized spacial score (nSPS) is 29.3. The predicted molar refractivity (Wildman–Crippen MR) is 130 cm³/mol. The minimum absolute atomic E-state index is 0.115. The molecule has 2 aromatic carbocycles. The van der Waals surface area contributed by atoms with E-state index >= 15 is 0 Å². The number of nitrogens with one attached hydrogen (secondary N) is 1. The zero-order valence-corrected chi connectivity index (χ0v) is 21.4. The number of carbonyl (C=O) groups is 2. The maximum atomic E-state index is 13.1. The van der Waals surface area contributed by atoms with Gasteiger partial charge in [-0.25, -0.2) is 4.79 Å². The van der Waals surface area contributed by atoms with E-state index < -0.39 is 35.5 Å². The highest BCUT2D eigenvalue weighted by molar-refractivity contribution is 6.05. The van der Waals surface area contributed by atoms with Crippen LogP contribution in [0, 0.1) is 6.92 Å². The highest BCUT2D eigenvalue weighted by Crippen LogP contribution is 2.47. The van der Waals surface area contributed by atoms with Gasteiger partial charge in [0.05, 0.1) is 6.61 Å². The number of phenols is 1. The number of ether oxygens (including phenoxy) is 6. The van der Waals surface area contributed by atoms with Gasteiger partial charge in [-0.05, 0) is 64.4 Å². The van der Waals surface area contributed by atoms with Crippen LogP contribution < -0.4 is 5.32 Å². The van der Waals surface area contributed by atoms with Crippen LogP contribution in [0.15, 0.2) is 42.5 Å². The van der Waals surface area contributed by atoms with Crippen LogP contribution >= 0.6 is 0 Å². The molecule has 3 heterocycles. The van der Waals surface area contributed by atoms with Gasteiger partial charge >= 0.3 is 5.97 Å². The van der Waals surface area contributed by atoms with E-state index in [4.69, 9.17) is 28.4 Å². The molecule has 3 aliphatic heterocycles. The summed E-state index contributed by atoms with van der Waals surface area (Å²) in [6.45, 7) is 8.65. The molecular weight excluding hydrogens is 482 g/mol. The Kier molecular flexibility index (Phi) is 6.28. The molecule has 2 aromatic rings. The molecule has 37 heavy (non-hydrogen) atoms. The number of aryl methyl sites for hydroxylation is 1. The van der Waals surface area contributed by atoms with Gasteiger partial charge < -0.3 is 38.8 Å². The summed E-state index contributed by atoms with van der Waals surface area (Å²) in [5.41, 5.74) is 1.29. The van der Waals surface area contributed by atoms with Crippen molar-refractivity contribution < 1.29 is 43.1 Å². The average Bonchev–Trinajstić information content (AvgIpc) is 3.30. The highest BCUT2D eigenvalue weighted by Gasteiger charge is 2.66. The summed E-state index contributed by atoms with van der Waals surface area (Å²) in [5, 5.41) is 13.3. The molecule has 3 aliphatic rings. The fourth-order valence-corrected chi connectivity index (χ4v) is 4.97. The molecule has 0 aliphatic carbocycles. The molecule has 3 saturated heterocycles. The van der Waals surface area contributed by atoms with Gasteiger partial charge in [0.15, 0.2) is 11.6 Å². The standard InChI is InChI=1S/C27H31NO9/c1-15-11-19(29)17(12-18(15)28-23(30)16-9-7-6-8-10-16)24(31)32-14-27-22(36-26(4,5)37-27)21-20(13-33-27)34-25(2,3)35-21/h6-12,20-22,29H,13-14H2,1-5H3,(H,28,30)/t20-,21-,22+,27+/m1/s1. The van der Waals surface area contributed by atoms with Crippen LogP contribution in [-0.2, 0) is 28.4 Å². The average molecular weight is 514 g/mol. The summed E-state index contributed by atoms with van der Waals surface area (Å²) >= 11 is 0. The lowest BCUT2D eigenvalue weighted by Gasteiger charge is -2.40. The van der Waals surface area contributed by atoms with E-state index in [1.807, 2.05) is 19.9 Å². The van der Waals surface area contributed by atoms with Gasteiger partial charge in [-0.1, -0.05) is 18.2 Å². The summed E-state index contributed by atoms with van der Waals surface area (Å²) < 4.78 is 35.8. The topological polar surface area (TPSA) is 122 Å². The number of hydrogen-bond acceptors (Lipinski definition) is 9. The largest absolute Gasteiger partial charge is 0.507 e. The van der Waals surface area contributed by atoms with Gasteiger partial charge in [-0.15, -0.1) is 0 Å². The SMILES string of the molecule is Cc1cc(O)c(C(=O)OC[C@@]23OC[C@H]4OC(C)(C)O[C@H]4[C@@H]2OC(C)(C)O3)cc1NC(=O)c1ccccc1. The van der Waals surface area contributed by atoms with Crippen molar-refractivity contribution in [1.29, 1.82) is 0 Å². The monoisotopic (exact) mass is 513 g/mol. The molecule has 0 unspecified atom stereocenters. The maximum Gasteiger partial charge on any atom is 0.342 e. The first-order valence-electron chi connectivity index (χ1n) is 12.1. The van der Waals surface area contributed by atoms with Crippen LogP contribution in [0.4, 0.5) is 5.69 Å². The molecule has 0 aromatic heterocycles. The Bertz CT molecular complexity index is 1210. The van der Waals surface area contributed by atoms with Crippen LogP contribution in [0.2, 0.25) is 0 Å². The molecule has 0 spiro atoms. The molecule has 0 radical (unpaired) electrons. The Morgan fingerprint density at radius 2 is 1.78 bits per heavy atom. The Hall–Kier alpha value is -3.02. The second-order valence-corrected chi connectivity index (χ2v) is 10.4. The number of phenolic OH excluding ortho intramolecular Hbond substituents is 1. The summed E-state index contributed by atoms with van der Waals surface area (Å²) in [7, 11) is 0. The highest BCUT2D eigenvalue weighted by atomic mass is 16.9. The first-order valence-corrected chi connectivity index (χ1v) is 12.1. The van der Waals surface area contributed by atoms with Crippen molar-refractivity contribution >= 4 is 17.6 Å². The molecule has 10 nitrogen and oxygen atoms in total. The van der Waals surface area contributed by atoms with Gasteiger partial charge in [0.1, 0.15) is 36.2 Å². The number of rotatable bonds is 5. The molecule has 2 N–H and O–H groups in total. The van der Waals surface area contributed by atoms with Crippen molar-refractivity contribution in [2.45, 2.75) is 70.3 Å². The van der Waals surface area contributed by atoms with Crippen LogP contribution in [0.1, 0.15) is 54.0 Å². The van der Waals surface area contributed by atoms with E-state index in [-0.39, 0.29) is 36.5 Å². The third kappa shape index (κ3) is 4.95. The molecule has 0 saturated carbocycles. The van der Waals surface area contributed by atoms with Crippen LogP contribution in [0.3, 0.4) is 0 Å². The van der Waals surface area contributed by atoms with E-state index in [0.717, 1.165) is 0 Å². The summed E-state index contributed by atoms with van der Waals surface area (Å²) in [6.07, 6.45) is -1.57. The third-order valence-electron chi connectivity index (χ3n) is 6.53. The lowest BCUT2D eigenvalue weighted by Crippen LogP contribution is -2.60. The zero-order chi connectivity index (χ0) is 26.6. The quantitative estimate of drug-likeness (QED) is 0.457. The predicted octanol–water partition coefficient (Wildman–Crippen LogP) is 3.51. The number of amides is 1. The number of hydrogen-bond donors (Lipinski definition) is 2. The molecule has 4 atom stereocenters. The van der Waals surface area contributed by atoms with Crippen molar-refractivity contribution in [3.8, 4) is 5.75 Å². The second kappa shape index (κ2) is 9.07. The molecular formula is C27H31NO9. The molecule has 0 bridgehead atoms. The van der Waals surface area contributed by atoms with Crippen molar-refractivity contribution in [2.75, 3.05) is 18.5 Å². The lowest BCUT2D eigenvalue weighted by molar-refractivity contribution is -0.293. The minimum Gasteiger partial charge on any atom is -0.507 e. The minimum atomic E-state index is -1.42. The third-order valence-corrected chi connectivity index (χ3v) is 6.53. The Morgan fingerprint density at radius 1 is 1.05 bits per heavy atom. The maximum absolute atomic E-state index is 13.1. The molecule has 198 valence electrons. The van der Waals surface area contributed by atoms with Crippen molar-refractivity contribution in [3.05, 3.63) is 59.2 Å². The van der Waals surface area contributed by atoms with E-state index in [1.54, 1.807) is 45.0 Å². The van der Waals surface area contributed by atoms with Gasteiger partial charge in [0.25, 0.3) is 5.91 Å². The molecule has 3 fully saturated rings. The van der Waals surface area contributed by atoms with Gasteiger partial charge in [-0.2, -0.15) is 0 Å². The Morgan fingerprint density at radius 3 is 2.51 bits per heavy atom. The fraction of sp³-hybridized carbons (Fsp3) is 0.481. The van der Waals surface area contributed by atoms with Gasteiger partial charge in [0, 0.05) is 11.3 Å². The van der Waals surface area contributed by atoms with Crippen LogP contribution in [0.25, 0.3) is 0 Å². The first-order chi connectivity index (χ1) is 17.4. The number of esters is 1. The van der Waals surface area contributed by atoms with Gasteiger partial charge in [0.2, 0.25) is 5.79 Å². The van der Waals surface area contributed by atoms with E-state index in [0.29, 0.717) is 16.8 Å². The van der Waals surface area contributed by atoms with Crippen molar-refractivity contribution in [1.82, 2.24) is 0 Å². The number of fused-ring (bicyclic) bond motifs is 3. The molecule has 1 amide bonds. The van der Waals surface area contributed by atoms with Crippen molar-refractivity contribution in [2.24, 2.45) is 0 Å². The lowest BCUT2D eigenvalue weighted by atomic mass is 9.97. The van der Waals surface area contributed by atoms with Crippen LogP contribution in [-0.4, -0.2) is 65.9 Å². The second-order valence-electron chi connectivity index (χ2n) is 10.4. The van der Waals surface area contributed by atoms with E-state index in [2.05, 4.69) is 5.32 Å². The smallest absolute Gasteiger partial charge is 0.342 e. The summed E-state index contributed by atoms with van der Waals surface area (Å²) in [5.74, 6) is -4.71. The number of aromatic hydroxyl groups is 1. The summed E-state index contributed by atoms with van der Waals surface area (Å²) in [4.78, 5) is 25.7. The fourth-order valence-electron chi connectivity index (χ4n) is 4.97. The Balaban J connectivity index is 1.34. The Labute approximate surface area is 214 Å². The first kappa shape index (κ1) is 25.6. The van der Waals surface area contributed by atoms with Gasteiger partial charge in [-0.3, -0.25) is 4.79 Å². The number of carbonyl (C=O) groups excluding carboxylic acids is 2. The van der Waals surface area contributed by atoms with E-state index in [9.17, 15) is 14.7 Å².